The van der Waals surface area contributed by atoms with Crippen molar-refractivity contribution in [2.75, 3.05) is 6.61 Å². The molecule has 1 atom stereocenters. The quantitative estimate of drug-likeness (QED) is 0.349. The largest absolute Gasteiger partial charge is 0.508 e. The molecule has 0 fully saturated rings. The van der Waals surface area contributed by atoms with Crippen molar-refractivity contribution in [2.45, 2.75) is 18.9 Å². The number of ketones is 1. The Morgan fingerprint density at radius 3 is 2.43 bits per heavy atom. The van der Waals surface area contributed by atoms with Gasteiger partial charge < -0.3 is 9.84 Å². The number of phenols is 1. The molecule has 5 rings (SSSR count). The zero-order valence-electron chi connectivity index (χ0n) is 18.7. The number of Topliss-reactive ketones (excluding diaryl/α,β-unsaturated/α-hetero) is 1. The Labute approximate surface area is 207 Å². The monoisotopic (exact) mass is 488 g/mol. The number of hydrogen-bond acceptors (Lipinski definition) is 4. The summed E-state index contributed by atoms with van der Waals surface area (Å²) in [4.78, 5) is 12.6. The van der Waals surface area contributed by atoms with E-state index < -0.39 is 6.10 Å². The first-order chi connectivity index (χ1) is 17.0. The molecule has 1 aliphatic heterocycles. The molecule has 0 bridgehead atoms. The van der Waals surface area contributed by atoms with E-state index >= 15 is 0 Å². The lowest BCUT2D eigenvalue weighted by Gasteiger charge is -2.21. The Balaban J connectivity index is 1.49. The van der Waals surface area contributed by atoms with E-state index in [4.69, 9.17) is 21.4 Å². The second-order valence-corrected chi connectivity index (χ2v) is 8.81. The fraction of sp³-hybridized carbons (Fsp3) is 0.143. The average molecular weight is 489 g/mol. The highest BCUT2D eigenvalue weighted by Gasteiger charge is 2.26. The fourth-order valence-electron chi connectivity index (χ4n) is 4.08. The summed E-state index contributed by atoms with van der Waals surface area (Å²) in [6, 6.07) is 20.4. The van der Waals surface area contributed by atoms with Gasteiger partial charge in [-0.15, -0.1) is 0 Å². The molecule has 0 aliphatic carbocycles. The summed E-state index contributed by atoms with van der Waals surface area (Å²) in [6.45, 7) is -0.0200. The van der Waals surface area contributed by atoms with Gasteiger partial charge in [-0.1, -0.05) is 35.9 Å². The maximum Gasteiger partial charge on any atom is 0.184 e. The van der Waals surface area contributed by atoms with E-state index in [0.717, 1.165) is 16.7 Å². The number of aromatic hydroxyl groups is 1. The summed E-state index contributed by atoms with van der Waals surface area (Å²) in [6.07, 6.45) is 4.47. The number of hydrogen-bond donors (Lipinski definition) is 1. The first-order valence-corrected chi connectivity index (χ1v) is 11.6. The molecule has 0 unspecified atom stereocenters. The van der Waals surface area contributed by atoms with Gasteiger partial charge in [0, 0.05) is 22.3 Å². The SMILES string of the molecule is O=C1CO[C@H](c2cn(-c3ccc(F)cc3)nc2-c2ccc(Cl)cc2)C=C1CCc1ccc(O)cc1. The van der Waals surface area contributed by atoms with Crippen LogP contribution in [0.15, 0.2) is 90.6 Å². The molecule has 0 spiro atoms. The molecule has 0 saturated carbocycles. The minimum atomic E-state index is -0.470. The van der Waals surface area contributed by atoms with Crippen molar-refractivity contribution in [2.24, 2.45) is 0 Å². The predicted octanol–water partition coefficient (Wildman–Crippen LogP) is 6.24. The third-order valence-electron chi connectivity index (χ3n) is 5.98. The molecule has 3 aromatic carbocycles. The van der Waals surface area contributed by atoms with Crippen LogP contribution in [0, 0.1) is 5.82 Å². The van der Waals surface area contributed by atoms with Crippen LogP contribution < -0.4 is 0 Å². The summed E-state index contributed by atoms with van der Waals surface area (Å²) in [5.41, 5.74) is 4.78. The van der Waals surface area contributed by atoms with Gasteiger partial charge in [0.1, 0.15) is 24.3 Å². The normalized spacial score (nSPS) is 15.8. The highest BCUT2D eigenvalue weighted by Crippen LogP contribution is 2.34. The zero-order chi connectivity index (χ0) is 24.4. The van der Waals surface area contributed by atoms with Gasteiger partial charge in [-0.2, -0.15) is 5.10 Å². The number of phenolic OH excluding ortho intramolecular Hbond substituents is 1. The van der Waals surface area contributed by atoms with Crippen molar-refractivity contribution in [1.82, 2.24) is 9.78 Å². The number of aryl methyl sites for hydroxylation is 1. The number of rotatable bonds is 6. The van der Waals surface area contributed by atoms with Crippen LogP contribution in [0.5, 0.6) is 5.75 Å². The minimum Gasteiger partial charge on any atom is -0.508 e. The molecular weight excluding hydrogens is 467 g/mol. The molecular formula is C28H22ClFN2O3. The number of carbonyl (C=O) groups is 1. The number of aromatic nitrogens is 2. The van der Waals surface area contributed by atoms with Crippen molar-refractivity contribution in [3.63, 3.8) is 0 Å². The first-order valence-electron chi connectivity index (χ1n) is 11.2. The van der Waals surface area contributed by atoms with Crippen molar-refractivity contribution >= 4 is 17.4 Å². The maximum atomic E-state index is 13.5. The molecule has 1 N–H and O–H groups in total. The molecule has 35 heavy (non-hydrogen) atoms. The van der Waals surface area contributed by atoms with Crippen LogP contribution in [0.2, 0.25) is 5.02 Å². The third-order valence-corrected chi connectivity index (χ3v) is 6.23. The topological polar surface area (TPSA) is 64.4 Å². The Hall–Kier alpha value is -3.74. The van der Waals surface area contributed by atoms with E-state index in [1.807, 2.05) is 36.5 Å². The number of nitrogens with zero attached hydrogens (tertiary/aromatic N) is 2. The highest BCUT2D eigenvalue weighted by molar-refractivity contribution is 6.30. The van der Waals surface area contributed by atoms with E-state index in [0.29, 0.717) is 34.8 Å². The van der Waals surface area contributed by atoms with Gasteiger partial charge >= 0.3 is 0 Å². The fourth-order valence-corrected chi connectivity index (χ4v) is 4.21. The van der Waals surface area contributed by atoms with Crippen LogP contribution in [-0.4, -0.2) is 27.3 Å². The van der Waals surface area contributed by atoms with Crippen LogP contribution in [0.4, 0.5) is 4.39 Å². The van der Waals surface area contributed by atoms with Crippen LogP contribution in [0.3, 0.4) is 0 Å². The molecule has 176 valence electrons. The summed E-state index contributed by atoms with van der Waals surface area (Å²) >= 11 is 6.09. The van der Waals surface area contributed by atoms with Crippen LogP contribution in [0.1, 0.15) is 23.7 Å². The van der Waals surface area contributed by atoms with Gasteiger partial charge in [-0.3, -0.25) is 4.79 Å². The van der Waals surface area contributed by atoms with E-state index in [9.17, 15) is 14.3 Å². The second kappa shape index (κ2) is 9.86. The zero-order valence-corrected chi connectivity index (χ0v) is 19.5. The number of ether oxygens (including phenoxy) is 1. The lowest BCUT2D eigenvalue weighted by molar-refractivity contribution is -0.122. The number of benzene rings is 3. The van der Waals surface area contributed by atoms with Crippen LogP contribution in [0.25, 0.3) is 16.9 Å². The van der Waals surface area contributed by atoms with Crippen molar-refractivity contribution in [3.8, 4) is 22.7 Å². The first kappa shape index (κ1) is 23.0. The van der Waals surface area contributed by atoms with Crippen LogP contribution >= 0.6 is 11.6 Å². The Kier molecular flexibility index (Phi) is 6.49. The molecule has 5 nitrogen and oxygen atoms in total. The minimum absolute atomic E-state index is 0.0200. The molecule has 0 radical (unpaired) electrons. The molecule has 7 heteroatoms. The Morgan fingerprint density at radius 1 is 1.00 bits per heavy atom. The van der Waals surface area contributed by atoms with Crippen molar-refractivity contribution < 1.29 is 19.0 Å². The van der Waals surface area contributed by atoms with Crippen molar-refractivity contribution in [1.29, 1.82) is 0 Å². The van der Waals surface area contributed by atoms with E-state index in [1.165, 1.54) is 12.1 Å². The number of halogens is 2. The molecule has 0 saturated heterocycles. The predicted molar refractivity (Wildman–Crippen MR) is 132 cm³/mol. The molecule has 4 aromatic rings. The summed E-state index contributed by atoms with van der Waals surface area (Å²) in [5.74, 6) is -0.156. The smallest absolute Gasteiger partial charge is 0.184 e. The molecule has 2 heterocycles. The van der Waals surface area contributed by atoms with Gasteiger partial charge in [0.05, 0.1) is 11.4 Å². The van der Waals surface area contributed by atoms with Gasteiger partial charge in [-0.05, 0) is 78.6 Å². The van der Waals surface area contributed by atoms with E-state index in [2.05, 4.69) is 0 Å². The van der Waals surface area contributed by atoms with Crippen molar-refractivity contribution in [3.05, 3.63) is 113 Å². The lowest BCUT2D eigenvalue weighted by Crippen LogP contribution is -2.21. The summed E-state index contributed by atoms with van der Waals surface area (Å²) in [5, 5.41) is 14.9. The van der Waals surface area contributed by atoms with E-state index in [-0.39, 0.29) is 24.0 Å². The Morgan fingerprint density at radius 2 is 1.71 bits per heavy atom. The molecule has 1 aliphatic rings. The van der Waals surface area contributed by atoms with Gasteiger partial charge in [-0.25, -0.2) is 9.07 Å². The van der Waals surface area contributed by atoms with Gasteiger partial charge in [0.25, 0.3) is 0 Å². The summed E-state index contributed by atoms with van der Waals surface area (Å²) < 4.78 is 21.1. The van der Waals surface area contributed by atoms with Gasteiger partial charge in [0.2, 0.25) is 0 Å². The number of carbonyl (C=O) groups excluding carboxylic acids is 1. The second-order valence-electron chi connectivity index (χ2n) is 8.37. The molecule has 1 aromatic heterocycles. The summed E-state index contributed by atoms with van der Waals surface area (Å²) in [7, 11) is 0. The van der Waals surface area contributed by atoms with Gasteiger partial charge in [0.15, 0.2) is 5.78 Å². The standard InChI is InChI=1S/C28H22ClFN2O3/c29-21-7-5-19(6-8-21)28-25(16-32(31-28)23-11-9-22(30)10-12-23)27-15-20(26(34)17-35-27)4-1-18-2-13-24(33)14-3-18/h2-3,5-16,27,33H,1,4,17H2/t27-/m0/s1. The lowest BCUT2D eigenvalue weighted by atomic mass is 9.95. The molecule has 0 amide bonds. The Bertz CT molecular complexity index is 1380. The maximum absolute atomic E-state index is 13.5. The third kappa shape index (κ3) is 5.19. The van der Waals surface area contributed by atoms with Crippen LogP contribution in [-0.2, 0) is 16.0 Å². The average Bonchev–Trinajstić information content (AvgIpc) is 3.31. The highest BCUT2D eigenvalue weighted by atomic mass is 35.5. The van der Waals surface area contributed by atoms with E-state index in [1.54, 1.807) is 41.1 Å².